The topological polar surface area (TPSA) is 29.5 Å². The van der Waals surface area contributed by atoms with E-state index in [0.717, 1.165) is 25.7 Å². The second-order valence-electron chi connectivity index (χ2n) is 6.56. The lowest BCUT2D eigenvalue weighted by atomic mass is 10.0. The SMILES string of the molecule is CCC[C@@H](CCc1ccccc1)N(C)C(=O)OC(C)(C)C. The summed E-state index contributed by atoms with van der Waals surface area (Å²) in [6, 6.07) is 10.6. The highest BCUT2D eigenvalue weighted by Gasteiger charge is 2.24. The molecule has 118 valence electrons. The second kappa shape index (κ2) is 8.06. The number of carbonyl (C=O) groups excluding carboxylic acids is 1. The van der Waals surface area contributed by atoms with Gasteiger partial charge in [0.1, 0.15) is 5.60 Å². The quantitative estimate of drug-likeness (QED) is 0.763. The van der Waals surface area contributed by atoms with Gasteiger partial charge in [-0.3, -0.25) is 0 Å². The number of carbonyl (C=O) groups is 1. The van der Waals surface area contributed by atoms with Gasteiger partial charge in [-0.05, 0) is 45.6 Å². The normalized spacial score (nSPS) is 12.8. The van der Waals surface area contributed by atoms with Crippen LogP contribution in [0, 0.1) is 0 Å². The summed E-state index contributed by atoms with van der Waals surface area (Å²) < 4.78 is 5.47. The third kappa shape index (κ3) is 6.65. The van der Waals surface area contributed by atoms with Gasteiger partial charge in [-0.1, -0.05) is 43.7 Å². The number of benzene rings is 1. The molecule has 0 bridgehead atoms. The van der Waals surface area contributed by atoms with E-state index in [9.17, 15) is 4.79 Å². The number of nitrogens with zero attached hydrogens (tertiary/aromatic N) is 1. The summed E-state index contributed by atoms with van der Waals surface area (Å²) in [6.07, 6.45) is 3.79. The lowest BCUT2D eigenvalue weighted by molar-refractivity contribution is 0.0206. The van der Waals surface area contributed by atoms with Crippen LogP contribution in [0.5, 0.6) is 0 Å². The highest BCUT2D eigenvalue weighted by molar-refractivity contribution is 5.68. The molecule has 3 heteroatoms. The van der Waals surface area contributed by atoms with Crippen molar-refractivity contribution >= 4 is 6.09 Å². The van der Waals surface area contributed by atoms with Crippen molar-refractivity contribution < 1.29 is 9.53 Å². The zero-order chi connectivity index (χ0) is 15.9. The number of ether oxygens (including phenoxy) is 1. The Bertz CT molecular complexity index is 423. The third-order valence-electron chi connectivity index (χ3n) is 3.46. The summed E-state index contributed by atoms with van der Waals surface area (Å²) in [5.41, 5.74) is 0.873. The molecule has 0 N–H and O–H groups in total. The standard InChI is InChI=1S/C18H29NO2/c1-6-10-16(14-13-15-11-8-7-9-12-15)19(5)17(20)21-18(2,3)4/h7-9,11-12,16H,6,10,13-14H2,1-5H3/t16-/m0/s1. The molecule has 0 aliphatic heterocycles. The van der Waals surface area contributed by atoms with Crippen LogP contribution >= 0.6 is 0 Å². The second-order valence-corrected chi connectivity index (χ2v) is 6.56. The smallest absolute Gasteiger partial charge is 0.410 e. The molecule has 1 aromatic rings. The van der Waals surface area contributed by atoms with Crippen LogP contribution in [0.1, 0.15) is 52.5 Å². The molecule has 21 heavy (non-hydrogen) atoms. The van der Waals surface area contributed by atoms with Crippen molar-refractivity contribution in [2.75, 3.05) is 7.05 Å². The lowest BCUT2D eigenvalue weighted by Gasteiger charge is -2.30. The molecule has 0 unspecified atom stereocenters. The molecule has 1 rings (SSSR count). The fourth-order valence-electron chi connectivity index (χ4n) is 2.33. The Hall–Kier alpha value is -1.51. The molecular weight excluding hydrogens is 262 g/mol. The first-order chi connectivity index (χ1) is 9.83. The molecule has 0 spiro atoms. The average molecular weight is 291 g/mol. The van der Waals surface area contributed by atoms with Gasteiger partial charge >= 0.3 is 6.09 Å². The predicted molar refractivity (Wildman–Crippen MR) is 87.5 cm³/mol. The number of hydrogen-bond acceptors (Lipinski definition) is 2. The van der Waals surface area contributed by atoms with Gasteiger partial charge in [0, 0.05) is 13.1 Å². The zero-order valence-corrected chi connectivity index (χ0v) is 14.1. The minimum Gasteiger partial charge on any atom is -0.444 e. The fourth-order valence-corrected chi connectivity index (χ4v) is 2.33. The van der Waals surface area contributed by atoms with E-state index in [1.807, 2.05) is 33.9 Å². The van der Waals surface area contributed by atoms with Crippen LogP contribution < -0.4 is 0 Å². The highest BCUT2D eigenvalue weighted by Crippen LogP contribution is 2.17. The Morgan fingerprint density at radius 3 is 2.33 bits per heavy atom. The van der Waals surface area contributed by atoms with Crippen LogP contribution in [0.2, 0.25) is 0 Å². The van der Waals surface area contributed by atoms with E-state index >= 15 is 0 Å². The van der Waals surface area contributed by atoms with E-state index in [4.69, 9.17) is 4.74 Å². The maximum Gasteiger partial charge on any atom is 0.410 e. The Balaban J connectivity index is 2.61. The van der Waals surface area contributed by atoms with Gasteiger partial charge in [-0.2, -0.15) is 0 Å². The van der Waals surface area contributed by atoms with E-state index in [1.54, 1.807) is 4.90 Å². The van der Waals surface area contributed by atoms with Gasteiger partial charge in [0.05, 0.1) is 0 Å². The molecule has 0 heterocycles. The van der Waals surface area contributed by atoms with Crippen molar-refractivity contribution in [2.45, 2.75) is 65.0 Å². The van der Waals surface area contributed by atoms with Crippen molar-refractivity contribution in [3.63, 3.8) is 0 Å². The zero-order valence-electron chi connectivity index (χ0n) is 14.1. The van der Waals surface area contributed by atoms with Crippen LogP contribution in [0.3, 0.4) is 0 Å². The monoisotopic (exact) mass is 291 g/mol. The Labute approximate surface area is 129 Å². The van der Waals surface area contributed by atoms with Gasteiger partial charge in [0.2, 0.25) is 0 Å². The Kier molecular flexibility index (Phi) is 6.73. The van der Waals surface area contributed by atoms with Crippen LogP contribution in [-0.2, 0) is 11.2 Å². The number of rotatable bonds is 6. The first kappa shape index (κ1) is 17.5. The van der Waals surface area contributed by atoms with Crippen LogP contribution in [-0.4, -0.2) is 29.7 Å². The molecular formula is C18H29NO2. The van der Waals surface area contributed by atoms with Crippen molar-refractivity contribution in [1.82, 2.24) is 4.90 Å². The molecule has 0 saturated carbocycles. The van der Waals surface area contributed by atoms with Crippen molar-refractivity contribution in [3.05, 3.63) is 35.9 Å². The minimum absolute atomic E-state index is 0.227. The van der Waals surface area contributed by atoms with Crippen LogP contribution in [0.25, 0.3) is 0 Å². The van der Waals surface area contributed by atoms with Crippen molar-refractivity contribution in [3.8, 4) is 0 Å². The Morgan fingerprint density at radius 1 is 1.19 bits per heavy atom. The van der Waals surface area contributed by atoms with Crippen molar-refractivity contribution in [1.29, 1.82) is 0 Å². The molecule has 1 aromatic carbocycles. The number of hydrogen-bond donors (Lipinski definition) is 0. The van der Waals surface area contributed by atoms with Gasteiger partial charge in [-0.15, -0.1) is 0 Å². The molecule has 0 saturated heterocycles. The van der Waals surface area contributed by atoms with E-state index in [0.29, 0.717) is 0 Å². The molecule has 3 nitrogen and oxygen atoms in total. The molecule has 0 radical (unpaired) electrons. The third-order valence-corrected chi connectivity index (χ3v) is 3.46. The molecule has 0 aromatic heterocycles. The minimum atomic E-state index is -0.443. The summed E-state index contributed by atoms with van der Waals surface area (Å²) in [5, 5.41) is 0. The summed E-state index contributed by atoms with van der Waals surface area (Å²) in [5.74, 6) is 0. The van der Waals surface area contributed by atoms with Crippen LogP contribution in [0.4, 0.5) is 4.79 Å². The summed E-state index contributed by atoms with van der Waals surface area (Å²) in [7, 11) is 1.85. The summed E-state index contributed by atoms with van der Waals surface area (Å²) >= 11 is 0. The maximum absolute atomic E-state index is 12.2. The van der Waals surface area contributed by atoms with E-state index in [2.05, 4.69) is 31.2 Å². The first-order valence-corrected chi connectivity index (χ1v) is 7.83. The number of aryl methyl sites for hydroxylation is 1. The number of amides is 1. The maximum atomic E-state index is 12.2. The molecule has 0 aliphatic rings. The van der Waals surface area contributed by atoms with Gasteiger partial charge < -0.3 is 9.64 Å². The first-order valence-electron chi connectivity index (χ1n) is 7.83. The summed E-state index contributed by atoms with van der Waals surface area (Å²) in [6.45, 7) is 7.85. The van der Waals surface area contributed by atoms with Gasteiger partial charge in [-0.25, -0.2) is 4.79 Å². The predicted octanol–water partition coefficient (Wildman–Crippen LogP) is 4.65. The van der Waals surface area contributed by atoms with E-state index in [1.165, 1.54) is 5.56 Å². The molecule has 1 amide bonds. The fraction of sp³-hybridized carbons (Fsp3) is 0.611. The highest BCUT2D eigenvalue weighted by atomic mass is 16.6. The van der Waals surface area contributed by atoms with E-state index in [-0.39, 0.29) is 12.1 Å². The van der Waals surface area contributed by atoms with E-state index < -0.39 is 5.60 Å². The van der Waals surface area contributed by atoms with Gasteiger partial charge in [0.25, 0.3) is 0 Å². The van der Waals surface area contributed by atoms with Crippen LogP contribution in [0.15, 0.2) is 30.3 Å². The summed E-state index contributed by atoms with van der Waals surface area (Å²) in [4.78, 5) is 14.0. The average Bonchev–Trinajstić information content (AvgIpc) is 2.42. The lowest BCUT2D eigenvalue weighted by Crippen LogP contribution is -2.41. The molecule has 1 atom stereocenters. The largest absolute Gasteiger partial charge is 0.444 e. The van der Waals surface area contributed by atoms with Crippen molar-refractivity contribution in [2.24, 2.45) is 0 Å². The molecule has 0 fully saturated rings. The Morgan fingerprint density at radius 2 is 1.81 bits per heavy atom. The molecule has 0 aliphatic carbocycles. The van der Waals surface area contributed by atoms with Gasteiger partial charge in [0.15, 0.2) is 0 Å².